The van der Waals surface area contributed by atoms with Gasteiger partial charge in [-0.15, -0.1) is 0 Å². The minimum absolute atomic E-state index is 0.147. The summed E-state index contributed by atoms with van der Waals surface area (Å²) >= 11 is 0. The fourth-order valence-corrected chi connectivity index (χ4v) is 3.58. The van der Waals surface area contributed by atoms with Crippen LogP contribution in [0.15, 0.2) is 91.1 Å². The number of aromatic nitrogens is 2. The number of ether oxygens (including phenoxy) is 1. The number of likely N-dealkylation sites (N-methyl/N-ethyl adjacent to an activating group) is 1. The van der Waals surface area contributed by atoms with Gasteiger partial charge in [-0.25, -0.2) is 4.68 Å². The molecule has 6 nitrogen and oxygen atoms in total. The third-order valence-electron chi connectivity index (χ3n) is 5.29. The SMILES string of the molecule is CC(Oc1ccc(C#N)cc1)C(=O)N(C)Cc1cn(-c2ccccc2)nc1-c1ccccc1. The lowest BCUT2D eigenvalue weighted by atomic mass is 10.1. The van der Waals surface area contributed by atoms with E-state index in [1.807, 2.05) is 71.5 Å². The highest BCUT2D eigenvalue weighted by atomic mass is 16.5. The number of carbonyl (C=O) groups excluding carboxylic acids is 1. The second-order valence-corrected chi connectivity index (χ2v) is 7.74. The minimum atomic E-state index is -0.674. The Labute approximate surface area is 193 Å². The lowest BCUT2D eigenvalue weighted by Gasteiger charge is -2.22. The first-order chi connectivity index (χ1) is 16.0. The molecule has 4 rings (SSSR count). The molecular weight excluding hydrogens is 412 g/mol. The van der Waals surface area contributed by atoms with Gasteiger partial charge in [0.15, 0.2) is 6.10 Å². The monoisotopic (exact) mass is 436 g/mol. The van der Waals surface area contributed by atoms with Crippen molar-refractivity contribution in [2.24, 2.45) is 0 Å². The molecule has 6 heteroatoms. The Hall–Kier alpha value is -4.37. The largest absolute Gasteiger partial charge is 0.481 e. The number of carbonyl (C=O) groups is 1. The van der Waals surface area contributed by atoms with Gasteiger partial charge in [0.05, 0.1) is 23.0 Å². The molecule has 0 aliphatic heterocycles. The van der Waals surface area contributed by atoms with Crippen LogP contribution in [0.2, 0.25) is 0 Å². The van der Waals surface area contributed by atoms with Crippen molar-refractivity contribution < 1.29 is 9.53 Å². The van der Waals surface area contributed by atoms with E-state index in [0.29, 0.717) is 17.9 Å². The molecule has 0 aliphatic carbocycles. The number of hydrogen-bond donors (Lipinski definition) is 0. The molecule has 33 heavy (non-hydrogen) atoms. The summed E-state index contributed by atoms with van der Waals surface area (Å²) in [7, 11) is 1.76. The van der Waals surface area contributed by atoms with Crippen LogP contribution in [0, 0.1) is 11.3 Å². The molecule has 1 heterocycles. The molecule has 0 radical (unpaired) electrons. The Morgan fingerprint density at radius 1 is 1.03 bits per heavy atom. The molecule has 0 spiro atoms. The van der Waals surface area contributed by atoms with Gasteiger partial charge in [0, 0.05) is 30.9 Å². The van der Waals surface area contributed by atoms with Gasteiger partial charge in [0.1, 0.15) is 5.75 Å². The van der Waals surface area contributed by atoms with Crippen LogP contribution >= 0.6 is 0 Å². The van der Waals surface area contributed by atoms with E-state index < -0.39 is 6.10 Å². The van der Waals surface area contributed by atoms with Crippen LogP contribution in [-0.4, -0.2) is 33.7 Å². The number of amides is 1. The molecule has 0 saturated heterocycles. The molecule has 0 bridgehead atoms. The fourth-order valence-electron chi connectivity index (χ4n) is 3.58. The smallest absolute Gasteiger partial charge is 0.263 e. The maximum Gasteiger partial charge on any atom is 0.263 e. The average molecular weight is 437 g/mol. The van der Waals surface area contributed by atoms with Gasteiger partial charge in [-0.2, -0.15) is 10.4 Å². The number of nitrogens with zero attached hydrogens (tertiary/aromatic N) is 4. The Morgan fingerprint density at radius 2 is 1.67 bits per heavy atom. The molecule has 0 saturated carbocycles. The molecular formula is C27H24N4O2. The Kier molecular flexibility index (Phi) is 6.51. The second-order valence-electron chi connectivity index (χ2n) is 7.74. The van der Waals surface area contributed by atoms with Crippen molar-refractivity contribution in [1.82, 2.24) is 14.7 Å². The molecule has 3 aromatic carbocycles. The van der Waals surface area contributed by atoms with Crippen molar-refractivity contribution in [3.63, 3.8) is 0 Å². The van der Waals surface area contributed by atoms with Crippen LogP contribution in [0.3, 0.4) is 0 Å². The molecule has 1 aromatic heterocycles. The molecule has 4 aromatic rings. The lowest BCUT2D eigenvalue weighted by Crippen LogP contribution is -2.37. The molecule has 0 aliphatic rings. The zero-order chi connectivity index (χ0) is 23.2. The first kappa shape index (κ1) is 21.8. The van der Waals surface area contributed by atoms with E-state index >= 15 is 0 Å². The number of benzene rings is 3. The molecule has 1 amide bonds. The minimum Gasteiger partial charge on any atom is -0.481 e. The number of hydrogen-bond acceptors (Lipinski definition) is 4. The predicted octanol–water partition coefficient (Wildman–Crippen LogP) is 4.84. The number of para-hydroxylation sites is 1. The highest BCUT2D eigenvalue weighted by Crippen LogP contribution is 2.25. The van der Waals surface area contributed by atoms with Gasteiger partial charge < -0.3 is 9.64 Å². The zero-order valence-corrected chi connectivity index (χ0v) is 18.6. The van der Waals surface area contributed by atoms with Gasteiger partial charge >= 0.3 is 0 Å². The van der Waals surface area contributed by atoms with Gasteiger partial charge in [-0.3, -0.25) is 4.79 Å². The van der Waals surface area contributed by atoms with Crippen LogP contribution in [0.1, 0.15) is 18.1 Å². The van der Waals surface area contributed by atoms with E-state index in [2.05, 4.69) is 6.07 Å². The van der Waals surface area contributed by atoms with E-state index in [9.17, 15) is 4.79 Å². The van der Waals surface area contributed by atoms with E-state index in [4.69, 9.17) is 15.1 Å². The molecule has 164 valence electrons. The lowest BCUT2D eigenvalue weighted by molar-refractivity contribution is -0.137. The van der Waals surface area contributed by atoms with Gasteiger partial charge in [0.2, 0.25) is 0 Å². The maximum absolute atomic E-state index is 13.0. The fraction of sp³-hybridized carbons (Fsp3) is 0.148. The van der Waals surface area contributed by atoms with Gasteiger partial charge in [-0.1, -0.05) is 48.5 Å². The first-order valence-corrected chi connectivity index (χ1v) is 10.7. The molecule has 1 atom stereocenters. The summed E-state index contributed by atoms with van der Waals surface area (Å²) in [6, 6.07) is 28.6. The van der Waals surface area contributed by atoms with Crippen LogP contribution < -0.4 is 4.74 Å². The van der Waals surface area contributed by atoms with Gasteiger partial charge in [0.25, 0.3) is 5.91 Å². The van der Waals surface area contributed by atoms with Crippen LogP contribution in [0.5, 0.6) is 5.75 Å². The van der Waals surface area contributed by atoms with E-state index in [1.54, 1.807) is 43.1 Å². The maximum atomic E-state index is 13.0. The number of rotatable bonds is 7. The summed E-state index contributed by atoms with van der Waals surface area (Å²) in [5.74, 6) is 0.399. The Balaban J connectivity index is 1.54. The quantitative estimate of drug-likeness (QED) is 0.416. The van der Waals surface area contributed by atoms with Crippen LogP contribution in [0.25, 0.3) is 16.9 Å². The molecule has 0 N–H and O–H groups in total. The van der Waals surface area contributed by atoms with Crippen molar-refractivity contribution >= 4 is 5.91 Å². The number of nitriles is 1. The summed E-state index contributed by atoms with van der Waals surface area (Å²) in [4.78, 5) is 14.7. The van der Waals surface area contributed by atoms with Crippen molar-refractivity contribution in [3.8, 4) is 28.8 Å². The third kappa shape index (κ3) is 5.10. The highest BCUT2D eigenvalue weighted by molar-refractivity contribution is 5.81. The van der Waals surface area contributed by atoms with E-state index in [-0.39, 0.29) is 5.91 Å². The molecule has 0 fully saturated rings. The van der Waals surface area contributed by atoms with Crippen molar-refractivity contribution in [3.05, 3.63) is 102 Å². The van der Waals surface area contributed by atoms with Gasteiger partial charge in [-0.05, 0) is 43.3 Å². The molecule has 1 unspecified atom stereocenters. The summed E-state index contributed by atoms with van der Waals surface area (Å²) in [5, 5.41) is 13.7. The van der Waals surface area contributed by atoms with Crippen molar-refractivity contribution in [2.45, 2.75) is 19.6 Å². The highest BCUT2D eigenvalue weighted by Gasteiger charge is 2.22. The topological polar surface area (TPSA) is 71.2 Å². The van der Waals surface area contributed by atoms with E-state index in [1.165, 1.54) is 0 Å². The second kappa shape index (κ2) is 9.84. The third-order valence-corrected chi connectivity index (χ3v) is 5.29. The van der Waals surface area contributed by atoms with Crippen LogP contribution in [-0.2, 0) is 11.3 Å². The van der Waals surface area contributed by atoms with Crippen molar-refractivity contribution in [2.75, 3.05) is 7.05 Å². The Bertz CT molecular complexity index is 1260. The zero-order valence-electron chi connectivity index (χ0n) is 18.6. The summed E-state index contributed by atoms with van der Waals surface area (Å²) in [5.41, 5.74) is 4.26. The first-order valence-electron chi connectivity index (χ1n) is 10.7. The predicted molar refractivity (Wildman–Crippen MR) is 127 cm³/mol. The summed E-state index contributed by atoms with van der Waals surface area (Å²) in [6.07, 6.45) is 1.29. The average Bonchev–Trinajstić information content (AvgIpc) is 3.28. The Morgan fingerprint density at radius 3 is 2.30 bits per heavy atom. The van der Waals surface area contributed by atoms with Crippen LogP contribution in [0.4, 0.5) is 0 Å². The van der Waals surface area contributed by atoms with E-state index in [0.717, 1.165) is 22.5 Å². The summed E-state index contributed by atoms with van der Waals surface area (Å²) < 4.78 is 7.64. The standard InChI is InChI=1S/C27H24N4O2/c1-20(33-25-15-13-21(17-28)14-16-25)27(32)30(2)18-23-19-31(24-11-7-4-8-12-24)29-26(23)22-9-5-3-6-10-22/h3-16,19-20H,18H2,1-2H3. The normalized spacial score (nSPS) is 11.4. The van der Waals surface area contributed by atoms with Crippen molar-refractivity contribution in [1.29, 1.82) is 5.26 Å². The summed E-state index contributed by atoms with van der Waals surface area (Å²) in [6.45, 7) is 2.11.